The summed E-state index contributed by atoms with van der Waals surface area (Å²) in [5.74, 6) is 6.90. The van der Waals surface area contributed by atoms with E-state index in [9.17, 15) is 0 Å². The number of nitrogens with one attached hydrogen (secondary N) is 1. The minimum absolute atomic E-state index is 0.0225. The molecule has 102 valence electrons. The third-order valence-electron chi connectivity index (χ3n) is 2.99. The van der Waals surface area contributed by atoms with E-state index in [1.54, 1.807) is 7.11 Å². The number of hydrogen-bond donors (Lipinski definition) is 2. The summed E-state index contributed by atoms with van der Waals surface area (Å²) in [7, 11) is 1.71. The highest BCUT2D eigenvalue weighted by atomic mass is 16.5. The fourth-order valence-corrected chi connectivity index (χ4v) is 2.11. The second-order valence-electron chi connectivity index (χ2n) is 4.59. The van der Waals surface area contributed by atoms with Gasteiger partial charge < -0.3 is 9.47 Å². The summed E-state index contributed by atoms with van der Waals surface area (Å²) < 4.78 is 10.9. The van der Waals surface area contributed by atoms with Crippen LogP contribution in [0.2, 0.25) is 0 Å². The second kappa shape index (κ2) is 7.36. The molecule has 0 saturated heterocycles. The van der Waals surface area contributed by atoms with Gasteiger partial charge in [-0.3, -0.25) is 11.3 Å². The first-order valence-corrected chi connectivity index (χ1v) is 6.35. The molecule has 0 aliphatic carbocycles. The molecule has 0 aliphatic rings. The van der Waals surface area contributed by atoms with E-state index >= 15 is 0 Å². The van der Waals surface area contributed by atoms with E-state index in [4.69, 9.17) is 15.3 Å². The van der Waals surface area contributed by atoms with Crippen molar-refractivity contribution >= 4 is 0 Å². The van der Waals surface area contributed by atoms with Crippen molar-refractivity contribution in [1.29, 1.82) is 0 Å². The SMILES string of the molecule is CCOc1ccc(C(NN)C(OC)C(C)C)cc1. The van der Waals surface area contributed by atoms with Crippen molar-refractivity contribution in [1.82, 2.24) is 5.43 Å². The first-order chi connectivity index (χ1) is 8.63. The smallest absolute Gasteiger partial charge is 0.119 e. The van der Waals surface area contributed by atoms with Gasteiger partial charge in [0.05, 0.1) is 18.8 Å². The van der Waals surface area contributed by atoms with Crippen LogP contribution in [0.3, 0.4) is 0 Å². The molecule has 2 unspecified atom stereocenters. The van der Waals surface area contributed by atoms with Gasteiger partial charge in [-0.2, -0.15) is 0 Å². The van der Waals surface area contributed by atoms with Crippen molar-refractivity contribution in [3.05, 3.63) is 29.8 Å². The molecule has 0 aromatic heterocycles. The first kappa shape index (κ1) is 15.0. The van der Waals surface area contributed by atoms with Gasteiger partial charge in [-0.05, 0) is 30.5 Å². The molecule has 0 fully saturated rings. The molecule has 0 heterocycles. The lowest BCUT2D eigenvalue weighted by Crippen LogP contribution is -2.40. The van der Waals surface area contributed by atoms with Gasteiger partial charge in [-0.15, -0.1) is 0 Å². The van der Waals surface area contributed by atoms with Crippen LogP contribution in [0.1, 0.15) is 32.4 Å². The average Bonchev–Trinajstić information content (AvgIpc) is 2.37. The molecule has 0 spiro atoms. The Morgan fingerprint density at radius 2 is 1.83 bits per heavy atom. The van der Waals surface area contributed by atoms with Gasteiger partial charge >= 0.3 is 0 Å². The van der Waals surface area contributed by atoms with E-state index < -0.39 is 0 Å². The van der Waals surface area contributed by atoms with Crippen LogP contribution >= 0.6 is 0 Å². The highest BCUT2D eigenvalue weighted by molar-refractivity contribution is 5.29. The molecule has 4 nitrogen and oxygen atoms in total. The van der Waals surface area contributed by atoms with E-state index in [0.29, 0.717) is 12.5 Å². The molecule has 18 heavy (non-hydrogen) atoms. The second-order valence-corrected chi connectivity index (χ2v) is 4.59. The van der Waals surface area contributed by atoms with E-state index in [2.05, 4.69) is 19.3 Å². The standard InChI is InChI=1S/C14H24N2O2/c1-5-18-12-8-6-11(7-9-12)13(16-15)14(17-4)10(2)3/h6-10,13-14,16H,5,15H2,1-4H3. The van der Waals surface area contributed by atoms with Gasteiger partial charge in [0.15, 0.2) is 0 Å². The Labute approximate surface area is 109 Å². The Morgan fingerprint density at radius 1 is 1.22 bits per heavy atom. The lowest BCUT2D eigenvalue weighted by atomic mass is 9.94. The van der Waals surface area contributed by atoms with E-state index in [-0.39, 0.29) is 12.1 Å². The first-order valence-electron chi connectivity index (χ1n) is 6.35. The van der Waals surface area contributed by atoms with E-state index in [1.807, 2.05) is 31.2 Å². The molecule has 1 aromatic carbocycles. The minimum atomic E-state index is -0.0225. The Kier molecular flexibility index (Phi) is 6.12. The number of rotatable bonds is 7. The highest BCUT2D eigenvalue weighted by Gasteiger charge is 2.24. The number of nitrogens with two attached hydrogens (primary N) is 1. The van der Waals surface area contributed by atoms with Gasteiger partial charge in [0.1, 0.15) is 5.75 Å². The van der Waals surface area contributed by atoms with E-state index in [0.717, 1.165) is 11.3 Å². The van der Waals surface area contributed by atoms with Crippen molar-refractivity contribution in [2.24, 2.45) is 11.8 Å². The Bertz CT molecular complexity index is 338. The summed E-state index contributed by atoms with van der Waals surface area (Å²) in [6.07, 6.45) is 0.0351. The van der Waals surface area contributed by atoms with Crippen molar-refractivity contribution < 1.29 is 9.47 Å². The lowest BCUT2D eigenvalue weighted by molar-refractivity contribution is 0.0326. The molecule has 3 N–H and O–H groups in total. The van der Waals surface area contributed by atoms with Crippen LogP contribution in [0.25, 0.3) is 0 Å². The van der Waals surface area contributed by atoms with Gasteiger partial charge in [0.25, 0.3) is 0 Å². The number of benzene rings is 1. The van der Waals surface area contributed by atoms with Crippen LogP contribution in [0.4, 0.5) is 0 Å². The molecule has 0 amide bonds. The van der Waals surface area contributed by atoms with Crippen molar-refractivity contribution in [3.63, 3.8) is 0 Å². The van der Waals surface area contributed by atoms with Gasteiger partial charge in [0, 0.05) is 7.11 Å². The molecule has 0 aliphatic heterocycles. The quantitative estimate of drug-likeness (QED) is 0.577. The van der Waals surface area contributed by atoms with Crippen LogP contribution in [-0.4, -0.2) is 19.8 Å². The predicted molar refractivity (Wildman–Crippen MR) is 73.3 cm³/mol. The number of methoxy groups -OCH3 is 1. The summed E-state index contributed by atoms with van der Waals surface area (Å²) in [6.45, 7) is 6.88. The Hall–Kier alpha value is -1.10. The predicted octanol–water partition coefficient (Wildman–Crippen LogP) is 2.26. The maximum Gasteiger partial charge on any atom is 0.119 e. The summed E-state index contributed by atoms with van der Waals surface area (Å²) in [5, 5.41) is 0. The molecule has 0 bridgehead atoms. The largest absolute Gasteiger partial charge is 0.494 e. The summed E-state index contributed by atoms with van der Waals surface area (Å²) in [6, 6.07) is 7.92. The molecule has 0 saturated carbocycles. The average molecular weight is 252 g/mol. The van der Waals surface area contributed by atoms with Crippen molar-refractivity contribution in [2.75, 3.05) is 13.7 Å². The molecule has 2 atom stereocenters. The summed E-state index contributed by atoms with van der Waals surface area (Å²) >= 11 is 0. The van der Waals surface area contributed by atoms with Crippen molar-refractivity contribution in [3.8, 4) is 5.75 Å². The van der Waals surface area contributed by atoms with Crippen LogP contribution in [0.5, 0.6) is 5.75 Å². The zero-order valence-corrected chi connectivity index (χ0v) is 11.6. The van der Waals surface area contributed by atoms with Gasteiger partial charge in [0.2, 0.25) is 0 Å². The maximum absolute atomic E-state index is 5.65. The fourth-order valence-electron chi connectivity index (χ4n) is 2.11. The normalized spacial score (nSPS) is 14.6. The third kappa shape index (κ3) is 3.70. The van der Waals surface area contributed by atoms with Crippen molar-refractivity contribution in [2.45, 2.75) is 32.9 Å². The van der Waals surface area contributed by atoms with E-state index in [1.165, 1.54) is 0 Å². The number of hydrogen-bond acceptors (Lipinski definition) is 4. The third-order valence-corrected chi connectivity index (χ3v) is 2.99. The lowest BCUT2D eigenvalue weighted by Gasteiger charge is -2.28. The molecule has 1 aromatic rings. The molecule has 4 heteroatoms. The summed E-state index contributed by atoms with van der Waals surface area (Å²) in [5.41, 5.74) is 3.93. The van der Waals surface area contributed by atoms with Crippen LogP contribution in [0.15, 0.2) is 24.3 Å². The molecular formula is C14H24N2O2. The fraction of sp³-hybridized carbons (Fsp3) is 0.571. The zero-order chi connectivity index (χ0) is 13.5. The zero-order valence-electron chi connectivity index (χ0n) is 11.6. The topological polar surface area (TPSA) is 56.5 Å². The highest BCUT2D eigenvalue weighted by Crippen LogP contribution is 2.25. The Morgan fingerprint density at radius 3 is 2.22 bits per heavy atom. The van der Waals surface area contributed by atoms with Crippen LogP contribution in [-0.2, 0) is 4.74 Å². The number of ether oxygens (including phenoxy) is 2. The van der Waals surface area contributed by atoms with Crippen LogP contribution in [0, 0.1) is 5.92 Å². The Balaban J connectivity index is 2.87. The molecule has 1 rings (SSSR count). The van der Waals surface area contributed by atoms with Gasteiger partial charge in [-0.25, -0.2) is 0 Å². The molecule has 0 radical (unpaired) electrons. The number of hydrazine groups is 1. The monoisotopic (exact) mass is 252 g/mol. The minimum Gasteiger partial charge on any atom is -0.494 e. The molecular weight excluding hydrogens is 228 g/mol. The maximum atomic E-state index is 5.65. The van der Waals surface area contributed by atoms with Gasteiger partial charge in [-0.1, -0.05) is 26.0 Å². The summed E-state index contributed by atoms with van der Waals surface area (Å²) in [4.78, 5) is 0. The van der Waals surface area contributed by atoms with Crippen LogP contribution < -0.4 is 16.0 Å².